The summed E-state index contributed by atoms with van der Waals surface area (Å²) in [5, 5.41) is 7.92. The van der Waals surface area contributed by atoms with E-state index < -0.39 is 0 Å². The van der Waals surface area contributed by atoms with Gasteiger partial charge in [-0.3, -0.25) is 4.90 Å². The van der Waals surface area contributed by atoms with Gasteiger partial charge in [0.2, 0.25) is 11.8 Å². The summed E-state index contributed by atoms with van der Waals surface area (Å²) in [6.45, 7) is 4.30. The van der Waals surface area contributed by atoms with Crippen molar-refractivity contribution in [3.63, 3.8) is 0 Å². The first kappa shape index (κ1) is 14.1. The highest BCUT2D eigenvalue weighted by Gasteiger charge is 2.19. The lowest BCUT2D eigenvalue weighted by molar-refractivity contribution is 0.220. The van der Waals surface area contributed by atoms with Crippen LogP contribution < -0.4 is 4.74 Å². The Morgan fingerprint density at radius 1 is 1.29 bits per heavy atom. The first-order valence-electron chi connectivity index (χ1n) is 7.39. The van der Waals surface area contributed by atoms with Gasteiger partial charge in [0.1, 0.15) is 5.75 Å². The standard InChI is InChI=1S/C16H21N3O2/c1-12-17-18-16(21-12)11-19(2)10-13-7-8-20-15-6-4-3-5-14(15)9-13/h3-6,13H,7-11H2,1-2H3/t13-/m1/s1. The molecule has 21 heavy (non-hydrogen) atoms. The van der Waals surface area contributed by atoms with Crippen LogP contribution in [0.25, 0.3) is 0 Å². The average Bonchev–Trinajstić information content (AvgIpc) is 2.74. The molecule has 1 aromatic heterocycles. The van der Waals surface area contributed by atoms with Crippen molar-refractivity contribution in [2.75, 3.05) is 20.2 Å². The zero-order valence-electron chi connectivity index (χ0n) is 12.6. The zero-order chi connectivity index (χ0) is 14.7. The van der Waals surface area contributed by atoms with E-state index in [4.69, 9.17) is 9.15 Å². The van der Waals surface area contributed by atoms with Crippen molar-refractivity contribution >= 4 is 0 Å². The molecule has 1 aromatic carbocycles. The Balaban J connectivity index is 1.60. The second-order valence-corrected chi connectivity index (χ2v) is 5.73. The second kappa shape index (κ2) is 6.26. The van der Waals surface area contributed by atoms with Gasteiger partial charge in [-0.25, -0.2) is 0 Å². The number of hydrogen-bond donors (Lipinski definition) is 0. The van der Waals surface area contributed by atoms with Gasteiger partial charge in [0.25, 0.3) is 0 Å². The van der Waals surface area contributed by atoms with Crippen molar-refractivity contribution in [3.8, 4) is 5.75 Å². The van der Waals surface area contributed by atoms with Crippen LogP contribution in [-0.2, 0) is 13.0 Å². The van der Waals surface area contributed by atoms with Crippen molar-refractivity contribution in [1.82, 2.24) is 15.1 Å². The summed E-state index contributed by atoms with van der Waals surface area (Å²) < 4.78 is 11.3. The van der Waals surface area contributed by atoms with Crippen molar-refractivity contribution < 1.29 is 9.15 Å². The number of nitrogens with zero attached hydrogens (tertiary/aromatic N) is 3. The third-order valence-corrected chi connectivity index (χ3v) is 3.81. The molecule has 0 unspecified atom stereocenters. The third kappa shape index (κ3) is 3.61. The quantitative estimate of drug-likeness (QED) is 0.864. The van der Waals surface area contributed by atoms with Gasteiger partial charge in [0.15, 0.2) is 0 Å². The minimum absolute atomic E-state index is 0.586. The lowest BCUT2D eigenvalue weighted by atomic mass is 9.96. The van der Waals surface area contributed by atoms with Crippen LogP contribution in [0.15, 0.2) is 28.7 Å². The molecule has 0 radical (unpaired) electrons. The van der Waals surface area contributed by atoms with Gasteiger partial charge in [-0.15, -0.1) is 10.2 Å². The van der Waals surface area contributed by atoms with E-state index in [0.29, 0.717) is 24.2 Å². The molecule has 0 saturated carbocycles. The van der Waals surface area contributed by atoms with Gasteiger partial charge >= 0.3 is 0 Å². The fourth-order valence-corrected chi connectivity index (χ4v) is 2.86. The van der Waals surface area contributed by atoms with Crippen molar-refractivity contribution in [1.29, 1.82) is 0 Å². The Morgan fingerprint density at radius 3 is 2.95 bits per heavy atom. The Hall–Kier alpha value is -1.88. The monoisotopic (exact) mass is 287 g/mol. The Morgan fingerprint density at radius 2 is 2.14 bits per heavy atom. The number of benzene rings is 1. The predicted molar refractivity (Wildman–Crippen MR) is 79.1 cm³/mol. The average molecular weight is 287 g/mol. The lowest BCUT2D eigenvalue weighted by Crippen LogP contribution is -2.27. The molecule has 0 saturated heterocycles. The summed E-state index contributed by atoms with van der Waals surface area (Å²) in [5.74, 6) is 2.92. The number of fused-ring (bicyclic) bond motifs is 1. The van der Waals surface area contributed by atoms with E-state index in [1.54, 1.807) is 0 Å². The molecule has 0 amide bonds. The number of ether oxygens (including phenoxy) is 1. The second-order valence-electron chi connectivity index (χ2n) is 5.73. The molecule has 1 aliphatic heterocycles. The molecular formula is C16H21N3O2. The highest BCUT2D eigenvalue weighted by Crippen LogP contribution is 2.27. The van der Waals surface area contributed by atoms with E-state index in [2.05, 4.69) is 40.3 Å². The topological polar surface area (TPSA) is 51.4 Å². The van der Waals surface area contributed by atoms with E-state index in [0.717, 1.165) is 31.7 Å². The number of aromatic nitrogens is 2. The molecule has 0 spiro atoms. The molecule has 5 heteroatoms. The molecule has 1 atom stereocenters. The van der Waals surface area contributed by atoms with Crippen molar-refractivity contribution in [2.45, 2.75) is 26.3 Å². The SMILES string of the molecule is Cc1nnc(CN(C)C[C@@H]2CCOc3ccccc3C2)o1. The maximum absolute atomic E-state index is 5.82. The first-order valence-corrected chi connectivity index (χ1v) is 7.39. The molecule has 0 N–H and O–H groups in total. The first-order chi connectivity index (χ1) is 10.2. The van der Waals surface area contributed by atoms with Gasteiger partial charge in [-0.2, -0.15) is 0 Å². The third-order valence-electron chi connectivity index (χ3n) is 3.81. The molecule has 1 aliphatic rings. The fourth-order valence-electron chi connectivity index (χ4n) is 2.86. The summed E-state index contributed by atoms with van der Waals surface area (Å²) in [4.78, 5) is 2.24. The smallest absolute Gasteiger partial charge is 0.230 e. The number of rotatable bonds is 4. The van der Waals surface area contributed by atoms with Crippen LogP contribution in [0.1, 0.15) is 23.8 Å². The summed E-state index contributed by atoms with van der Waals surface area (Å²) in [6, 6.07) is 8.33. The van der Waals surface area contributed by atoms with Crippen molar-refractivity contribution in [3.05, 3.63) is 41.6 Å². The molecular weight excluding hydrogens is 266 g/mol. The van der Waals surface area contributed by atoms with E-state index in [1.165, 1.54) is 5.56 Å². The van der Waals surface area contributed by atoms with Gasteiger partial charge in [-0.05, 0) is 37.4 Å². The number of hydrogen-bond acceptors (Lipinski definition) is 5. The Kier molecular flexibility index (Phi) is 4.20. The minimum Gasteiger partial charge on any atom is -0.493 e. The van der Waals surface area contributed by atoms with Gasteiger partial charge in [-0.1, -0.05) is 18.2 Å². The van der Waals surface area contributed by atoms with Crippen LogP contribution in [0.4, 0.5) is 0 Å². The molecule has 2 aromatic rings. The van der Waals surface area contributed by atoms with Crippen LogP contribution in [-0.4, -0.2) is 35.3 Å². The maximum Gasteiger partial charge on any atom is 0.230 e. The molecule has 3 rings (SSSR count). The Bertz CT molecular complexity index is 597. The summed E-state index contributed by atoms with van der Waals surface area (Å²) in [7, 11) is 2.09. The highest BCUT2D eigenvalue weighted by atomic mass is 16.5. The van der Waals surface area contributed by atoms with Crippen LogP contribution in [0.5, 0.6) is 5.75 Å². The van der Waals surface area contributed by atoms with Crippen molar-refractivity contribution in [2.24, 2.45) is 5.92 Å². The molecule has 0 fully saturated rings. The van der Waals surface area contributed by atoms with E-state index in [-0.39, 0.29) is 0 Å². The van der Waals surface area contributed by atoms with Crippen LogP contribution >= 0.6 is 0 Å². The van der Waals surface area contributed by atoms with E-state index in [9.17, 15) is 0 Å². The molecule has 2 heterocycles. The van der Waals surface area contributed by atoms with Gasteiger partial charge in [0, 0.05) is 13.5 Å². The summed E-state index contributed by atoms with van der Waals surface area (Å²) >= 11 is 0. The molecule has 5 nitrogen and oxygen atoms in total. The number of para-hydroxylation sites is 1. The minimum atomic E-state index is 0.586. The summed E-state index contributed by atoms with van der Waals surface area (Å²) in [6.07, 6.45) is 2.13. The lowest BCUT2D eigenvalue weighted by Gasteiger charge is -2.21. The molecule has 0 aliphatic carbocycles. The van der Waals surface area contributed by atoms with Crippen LogP contribution in [0.2, 0.25) is 0 Å². The van der Waals surface area contributed by atoms with Gasteiger partial charge in [0.05, 0.1) is 13.2 Å². The van der Waals surface area contributed by atoms with E-state index >= 15 is 0 Å². The molecule has 112 valence electrons. The van der Waals surface area contributed by atoms with Crippen LogP contribution in [0, 0.1) is 12.8 Å². The Labute approximate surface area is 124 Å². The molecule has 0 bridgehead atoms. The fraction of sp³-hybridized carbons (Fsp3) is 0.500. The largest absolute Gasteiger partial charge is 0.493 e. The highest BCUT2D eigenvalue weighted by molar-refractivity contribution is 5.34. The van der Waals surface area contributed by atoms with E-state index in [1.807, 2.05) is 13.0 Å². The predicted octanol–water partition coefficient (Wildman–Crippen LogP) is 2.45. The normalized spacial score (nSPS) is 18.1. The van der Waals surface area contributed by atoms with Gasteiger partial charge < -0.3 is 9.15 Å². The van der Waals surface area contributed by atoms with Crippen LogP contribution in [0.3, 0.4) is 0 Å². The zero-order valence-corrected chi connectivity index (χ0v) is 12.6. The summed E-state index contributed by atoms with van der Waals surface area (Å²) in [5.41, 5.74) is 1.31. The number of aryl methyl sites for hydroxylation is 1. The maximum atomic E-state index is 5.82.